The van der Waals surface area contributed by atoms with Crippen molar-refractivity contribution in [3.63, 3.8) is 0 Å². The molecule has 1 aliphatic heterocycles. The lowest BCUT2D eigenvalue weighted by molar-refractivity contribution is -0.130. The van der Waals surface area contributed by atoms with Gasteiger partial charge in [-0.2, -0.15) is 0 Å². The van der Waals surface area contributed by atoms with E-state index in [2.05, 4.69) is 20.4 Å². The summed E-state index contributed by atoms with van der Waals surface area (Å²) in [5.41, 5.74) is 0.785. The van der Waals surface area contributed by atoms with Gasteiger partial charge in [0.05, 0.1) is 12.2 Å². The molecule has 0 unspecified atom stereocenters. The number of para-hydroxylation sites is 1. The third-order valence-electron chi connectivity index (χ3n) is 4.59. The normalized spacial score (nSPS) is 14.0. The number of thiophene rings is 1. The highest BCUT2D eigenvalue weighted by Gasteiger charge is 2.23. The maximum absolute atomic E-state index is 12.4. The van der Waals surface area contributed by atoms with Crippen molar-refractivity contribution in [1.29, 1.82) is 0 Å². The van der Waals surface area contributed by atoms with Gasteiger partial charge >= 0.3 is 0 Å². The third-order valence-corrected chi connectivity index (χ3v) is 7.58. The molecule has 0 radical (unpaired) electrons. The first-order valence-corrected chi connectivity index (χ1v) is 12.2. The van der Waals surface area contributed by atoms with Crippen LogP contribution in [-0.4, -0.2) is 58.8 Å². The topological polar surface area (TPSA) is 78.4 Å². The smallest absolute Gasteiger partial charge is 0.234 e. The second kappa shape index (κ2) is 10.1. The van der Waals surface area contributed by atoms with Crippen LogP contribution in [0.25, 0.3) is 0 Å². The number of benzene rings is 1. The van der Waals surface area contributed by atoms with Gasteiger partial charge in [-0.05, 0) is 23.6 Å². The van der Waals surface area contributed by atoms with E-state index in [1.807, 2.05) is 52.7 Å². The lowest BCUT2D eigenvalue weighted by atomic mass is 10.2. The quantitative estimate of drug-likeness (QED) is 0.547. The molecule has 0 saturated carbocycles. The molecule has 2 amide bonds. The molecular weight excluding hydrogens is 438 g/mol. The van der Waals surface area contributed by atoms with Crippen molar-refractivity contribution >= 4 is 57.1 Å². The van der Waals surface area contributed by atoms with E-state index in [-0.39, 0.29) is 17.6 Å². The monoisotopic (exact) mass is 459 g/mol. The van der Waals surface area contributed by atoms with Crippen LogP contribution in [0.3, 0.4) is 0 Å². The van der Waals surface area contributed by atoms with Crippen LogP contribution in [0, 0.1) is 0 Å². The second-order valence-electron chi connectivity index (χ2n) is 6.68. The first-order chi connectivity index (χ1) is 14.7. The number of aromatic nitrogens is 2. The molecule has 3 heterocycles. The van der Waals surface area contributed by atoms with Crippen molar-refractivity contribution in [2.75, 3.05) is 42.1 Å². The summed E-state index contributed by atoms with van der Waals surface area (Å²) < 4.78 is 0.768. The zero-order chi connectivity index (χ0) is 20.8. The molecule has 0 aliphatic carbocycles. The molecular formula is C20H21N5O2S3. The summed E-state index contributed by atoms with van der Waals surface area (Å²) in [4.78, 5) is 29.7. The Labute approximate surface area is 187 Å². The van der Waals surface area contributed by atoms with Crippen molar-refractivity contribution in [2.45, 2.75) is 10.8 Å². The molecule has 4 rings (SSSR count). The number of anilines is 2. The number of rotatable bonds is 7. The van der Waals surface area contributed by atoms with Gasteiger partial charge < -0.3 is 15.1 Å². The minimum atomic E-state index is -0.0687. The zero-order valence-corrected chi connectivity index (χ0v) is 18.6. The van der Waals surface area contributed by atoms with Gasteiger partial charge in [-0.25, -0.2) is 0 Å². The summed E-state index contributed by atoms with van der Waals surface area (Å²) in [5, 5.41) is 14.2. The Bertz CT molecular complexity index is 970. The van der Waals surface area contributed by atoms with E-state index in [0.717, 1.165) is 33.1 Å². The van der Waals surface area contributed by atoms with Gasteiger partial charge in [0.25, 0.3) is 0 Å². The Balaban J connectivity index is 1.22. The number of carbonyl (C=O) groups is 2. The average Bonchev–Trinajstić information content (AvgIpc) is 3.45. The van der Waals surface area contributed by atoms with Crippen LogP contribution >= 0.6 is 34.4 Å². The predicted octanol–water partition coefficient (Wildman–Crippen LogP) is 3.22. The molecule has 156 valence electrons. The summed E-state index contributed by atoms with van der Waals surface area (Å²) >= 11 is 4.49. The number of nitrogens with one attached hydrogen (secondary N) is 1. The van der Waals surface area contributed by atoms with Crippen LogP contribution < -0.4 is 10.2 Å². The van der Waals surface area contributed by atoms with Crippen LogP contribution in [0.2, 0.25) is 0 Å². The Morgan fingerprint density at radius 2 is 1.83 bits per heavy atom. The van der Waals surface area contributed by atoms with Crippen LogP contribution in [0.5, 0.6) is 0 Å². The van der Waals surface area contributed by atoms with E-state index in [1.54, 1.807) is 11.3 Å². The number of hydrogen-bond donors (Lipinski definition) is 1. The molecule has 1 N–H and O–H groups in total. The highest BCUT2D eigenvalue weighted by Crippen LogP contribution is 2.28. The summed E-state index contributed by atoms with van der Waals surface area (Å²) in [6.07, 6.45) is 0.475. The summed E-state index contributed by atoms with van der Waals surface area (Å²) in [5.74, 6) is 0.394. The van der Waals surface area contributed by atoms with Gasteiger partial charge in [0.1, 0.15) is 0 Å². The summed E-state index contributed by atoms with van der Waals surface area (Å²) in [7, 11) is 0. The molecule has 10 heteroatoms. The lowest BCUT2D eigenvalue weighted by Crippen LogP contribution is -2.49. The van der Waals surface area contributed by atoms with Crippen molar-refractivity contribution in [3.8, 4) is 0 Å². The largest absolute Gasteiger partial charge is 0.343 e. The number of nitrogens with zero attached hydrogens (tertiary/aromatic N) is 4. The van der Waals surface area contributed by atoms with Crippen LogP contribution in [0.4, 0.5) is 10.8 Å². The molecule has 1 saturated heterocycles. The Hall–Kier alpha value is -2.43. The molecule has 1 aromatic carbocycles. The average molecular weight is 460 g/mol. The van der Waals surface area contributed by atoms with Crippen molar-refractivity contribution in [2.24, 2.45) is 0 Å². The zero-order valence-electron chi connectivity index (χ0n) is 16.2. The van der Waals surface area contributed by atoms with E-state index in [9.17, 15) is 9.59 Å². The van der Waals surface area contributed by atoms with E-state index in [0.29, 0.717) is 19.5 Å². The van der Waals surface area contributed by atoms with Crippen LogP contribution in [-0.2, 0) is 16.0 Å². The van der Waals surface area contributed by atoms with Gasteiger partial charge in [0.2, 0.25) is 16.9 Å². The van der Waals surface area contributed by atoms with Crippen molar-refractivity contribution in [3.05, 3.63) is 52.7 Å². The molecule has 3 aromatic rings. The predicted molar refractivity (Wildman–Crippen MR) is 123 cm³/mol. The third kappa shape index (κ3) is 5.59. The maximum Gasteiger partial charge on any atom is 0.234 e. The second-order valence-corrected chi connectivity index (χ2v) is 9.89. The van der Waals surface area contributed by atoms with Gasteiger partial charge in [0, 0.05) is 36.7 Å². The Kier molecular flexibility index (Phi) is 6.98. The maximum atomic E-state index is 12.4. The lowest BCUT2D eigenvalue weighted by Gasteiger charge is -2.34. The number of hydrogen-bond acceptors (Lipinski definition) is 8. The van der Waals surface area contributed by atoms with Crippen molar-refractivity contribution in [1.82, 2.24) is 15.1 Å². The standard InChI is InChI=1S/C20H21N5O2S3/c26-17(21-15-5-2-1-3-6-15)14-29-20-23-22-19(30-20)25-10-8-24(9-11-25)18(27)13-16-7-4-12-28-16/h1-7,12H,8-11,13-14H2,(H,21,26). The fourth-order valence-corrected chi connectivity index (χ4v) is 5.44. The number of piperazine rings is 1. The highest BCUT2D eigenvalue weighted by molar-refractivity contribution is 8.01. The first-order valence-electron chi connectivity index (χ1n) is 9.54. The summed E-state index contributed by atoms with van der Waals surface area (Å²) in [6, 6.07) is 13.4. The minimum absolute atomic E-state index is 0.0687. The number of amides is 2. The highest BCUT2D eigenvalue weighted by atomic mass is 32.2. The number of thioether (sulfide) groups is 1. The first kappa shape index (κ1) is 20.8. The van der Waals surface area contributed by atoms with E-state index in [1.165, 1.54) is 23.1 Å². The number of carbonyl (C=O) groups excluding carboxylic acids is 2. The molecule has 1 fully saturated rings. The molecule has 0 bridgehead atoms. The van der Waals surface area contributed by atoms with Gasteiger partial charge in [0.15, 0.2) is 4.34 Å². The fraction of sp³-hybridized carbons (Fsp3) is 0.300. The fourth-order valence-electron chi connectivity index (χ4n) is 3.06. The van der Waals surface area contributed by atoms with Crippen LogP contribution in [0.1, 0.15) is 4.88 Å². The molecule has 0 spiro atoms. The molecule has 2 aromatic heterocycles. The van der Waals surface area contributed by atoms with E-state index in [4.69, 9.17) is 0 Å². The Morgan fingerprint density at radius 3 is 2.57 bits per heavy atom. The molecule has 7 nitrogen and oxygen atoms in total. The SMILES string of the molecule is O=C(CSc1nnc(N2CCN(C(=O)Cc3cccs3)CC2)s1)Nc1ccccc1. The molecule has 30 heavy (non-hydrogen) atoms. The molecule has 0 atom stereocenters. The summed E-state index contributed by atoms with van der Waals surface area (Å²) in [6.45, 7) is 2.85. The van der Waals surface area contributed by atoms with E-state index < -0.39 is 0 Å². The van der Waals surface area contributed by atoms with Crippen molar-refractivity contribution < 1.29 is 9.59 Å². The Morgan fingerprint density at radius 1 is 1.03 bits per heavy atom. The minimum Gasteiger partial charge on any atom is -0.343 e. The van der Waals surface area contributed by atoms with E-state index >= 15 is 0 Å². The van der Waals surface area contributed by atoms with Crippen LogP contribution in [0.15, 0.2) is 52.2 Å². The van der Waals surface area contributed by atoms with Gasteiger partial charge in [-0.15, -0.1) is 21.5 Å². The van der Waals surface area contributed by atoms with Gasteiger partial charge in [-0.1, -0.05) is 47.4 Å². The van der Waals surface area contributed by atoms with Gasteiger partial charge in [-0.3, -0.25) is 9.59 Å². The molecule has 1 aliphatic rings.